The standard InChI is InChI=1S/C29H36N6O2.C24H29N5O3.C4H8N2/c1-7-20(15-30)12-25(36)21-8-10-22(11-9-21)26-19(2)16-31-27(34-26)33-23-17-32-35(18-23)24-13-28(3,4)37-29(5,6)14-24;1-15-12-25-22(28-20(15)16-6-8-17(9-7-16)21(30)31)27-18-13-26-29(14-18)19-10-23(2,3)32-24(4,5)11-19;1-2-4(6)3-5/h8-11,16-18,20,24H,7,12-14H2,1-6H3,(H,31,33,34);6-9,12-14,19H,10-11H2,1-5H3,(H,30,31)(H,25,27,28);4H,2,6H2,1H3/t20-;;4-/m1.0/s1. The molecule has 18 nitrogen and oxygen atoms in total. The van der Waals surface area contributed by atoms with Gasteiger partial charge in [0, 0.05) is 47.9 Å². The topological polar surface area (TPSA) is 258 Å². The SMILES string of the molecule is CC[C@@H](C#N)CC(=O)c1ccc(-c2nc(Nc3cnn(C4CC(C)(C)OC(C)(C)C4)c3)ncc2C)cc1.CC[C@H](N)C#N.Cc1cnc(Nc2cnn(C3CC(C)(C)OC(C)(C)C3)c2)nc1-c1ccc(C(=O)O)cc1. The first-order valence-corrected chi connectivity index (χ1v) is 25.5. The number of carboxylic acid groups (broad SMARTS) is 1. The number of Topliss-reactive ketones (excluding diaryl/α,β-unsaturated/α-hetero) is 1. The van der Waals surface area contributed by atoms with Gasteiger partial charge in [0.15, 0.2) is 5.78 Å². The second-order valence-corrected chi connectivity index (χ2v) is 22.0. The summed E-state index contributed by atoms with van der Waals surface area (Å²) >= 11 is 0. The van der Waals surface area contributed by atoms with Crippen LogP contribution in [0.2, 0.25) is 0 Å². The van der Waals surface area contributed by atoms with Gasteiger partial charge in [0.2, 0.25) is 11.9 Å². The van der Waals surface area contributed by atoms with Crippen molar-refractivity contribution in [3.63, 3.8) is 0 Å². The van der Waals surface area contributed by atoms with Crippen molar-refractivity contribution < 1.29 is 24.2 Å². The van der Waals surface area contributed by atoms with Gasteiger partial charge in [0.25, 0.3) is 0 Å². The summed E-state index contributed by atoms with van der Waals surface area (Å²) in [5, 5.41) is 41.9. The molecule has 0 aliphatic carbocycles. The Morgan fingerprint density at radius 3 is 1.40 bits per heavy atom. The number of carboxylic acids is 1. The summed E-state index contributed by atoms with van der Waals surface area (Å²) in [7, 11) is 0. The number of aryl methyl sites for hydroxylation is 2. The Bertz CT molecular complexity index is 2970. The molecule has 396 valence electrons. The molecule has 0 amide bonds. The minimum absolute atomic E-state index is 0.0185. The monoisotopic (exact) mass is 1020 g/mol. The van der Waals surface area contributed by atoms with E-state index in [-0.39, 0.29) is 64.2 Å². The van der Waals surface area contributed by atoms with Crippen molar-refractivity contribution in [2.45, 2.75) is 169 Å². The molecule has 8 rings (SSSR count). The lowest BCUT2D eigenvalue weighted by Crippen LogP contribution is -2.45. The van der Waals surface area contributed by atoms with Crippen molar-refractivity contribution in [1.82, 2.24) is 39.5 Å². The molecule has 2 saturated heterocycles. The van der Waals surface area contributed by atoms with E-state index in [1.807, 2.05) is 67.7 Å². The molecule has 2 aliphatic rings. The molecule has 4 aromatic heterocycles. The number of nitrogens with one attached hydrogen (secondary N) is 2. The first kappa shape index (κ1) is 56.9. The van der Waals surface area contributed by atoms with Gasteiger partial charge < -0.3 is 30.9 Å². The van der Waals surface area contributed by atoms with E-state index in [0.717, 1.165) is 77.1 Å². The molecule has 75 heavy (non-hydrogen) atoms. The smallest absolute Gasteiger partial charge is 0.335 e. The average molecular weight is 1020 g/mol. The molecule has 6 aromatic rings. The third-order valence-corrected chi connectivity index (χ3v) is 13.0. The fraction of sp³-hybridized carbons (Fsp3) is 0.474. The van der Waals surface area contributed by atoms with E-state index in [9.17, 15) is 9.59 Å². The zero-order valence-electron chi connectivity index (χ0n) is 45.5. The quantitative estimate of drug-likeness (QED) is 0.0740. The second kappa shape index (κ2) is 23.9. The number of carbonyl (C=O) groups excluding carboxylic acids is 1. The lowest BCUT2D eigenvalue weighted by atomic mass is 9.85. The summed E-state index contributed by atoms with van der Waals surface area (Å²) in [5.41, 5.74) is 11.8. The Kier molecular flexibility index (Phi) is 18.1. The minimum atomic E-state index is -0.952. The number of carbonyl (C=O) groups is 2. The molecule has 5 N–H and O–H groups in total. The molecule has 0 bridgehead atoms. The second-order valence-electron chi connectivity index (χ2n) is 22.0. The number of hydrogen-bond acceptors (Lipinski definition) is 15. The van der Waals surface area contributed by atoms with Crippen LogP contribution in [-0.2, 0) is 9.47 Å². The summed E-state index contributed by atoms with van der Waals surface area (Å²) in [4.78, 5) is 41.9. The maximum Gasteiger partial charge on any atom is 0.335 e. The summed E-state index contributed by atoms with van der Waals surface area (Å²) in [6, 6.07) is 18.4. The van der Waals surface area contributed by atoms with Crippen LogP contribution in [0.3, 0.4) is 0 Å². The van der Waals surface area contributed by atoms with Gasteiger partial charge >= 0.3 is 5.97 Å². The molecule has 0 radical (unpaired) electrons. The number of benzene rings is 2. The molecule has 2 aromatic carbocycles. The van der Waals surface area contributed by atoms with E-state index in [2.05, 4.69) is 97.2 Å². The molecule has 18 heteroatoms. The lowest BCUT2D eigenvalue weighted by molar-refractivity contribution is -0.171. The highest BCUT2D eigenvalue weighted by molar-refractivity contribution is 5.96. The third-order valence-electron chi connectivity index (χ3n) is 13.0. The summed E-state index contributed by atoms with van der Waals surface area (Å²) in [5.74, 6) is -0.284. The van der Waals surface area contributed by atoms with Crippen molar-refractivity contribution in [2.75, 3.05) is 10.6 Å². The zero-order chi connectivity index (χ0) is 54.9. The van der Waals surface area contributed by atoms with Crippen LogP contribution >= 0.6 is 0 Å². The summed E-state index contributed by atoms with van der Waals surface area (Å²) in [6.45, 7) is 24.7. The molecule has 0 saturated carbocycles. The van der Waals surface area contributed by atoms with E-state index in [0.29, 0.717) is 23.9 Å². The van der Waals surface area contributed by atoms with Crippen molar-refractivity contribution in [2.24, 2.45) is 11.7 Å². The molecule has 6 heterocycles. The van der Waals surface area contributed by atoms with Gasteiger partial charge in [-0.1, -0.05) is 50.2 Å². The highest BCUT2D eigenvalue weighted by atomic mass is 16.5. The number of nitriles is 2. The summed E-state index contributed by atoms with van der Waals surface area (Å²) < 4.78 is 16.4. The van der Waals surface area contributed by atoms with Crippen LogP contribution in [0.5, 0.6) is 0 Å². The molecular weight excluding hydrogens is 947 g/mol. The predicted octanol–water partition coefficient (Wildman–Crippen LogP) is 11.7. The Morgan fingerprint density at radius 1 is 0.667 bits per heavy atom. The fourth-order valence-corrected chi connectivity index (χ4v) is 9.80. The lowest BCUT2D eigenvalue weighted by Gasteiger charge is -2.45. The van der Waals surface area contributed by atoms with Gasteiger partial charge in [-0.25, -0.2) is 24.7 Å². The number of anilines is 4. The van der Waals surface area contributed by atoms with Crippen LogP contribution < -0.4 is 16.4 Å². The van der Waals surface area contributed by atoms with Crippen LogP contribution in [0.25, 0.3) is 22.5 Å². The number of aromatic carboxylic acids is 1. The predicted molar refractivity (Wildman–Crippen MR) is 290 cm³/mol. The van der Waals surface area contributed by atoms with Crippen LogP contribution in [0.4, 0.5) is 23.3 Å². The minimum Gasteiger partial charge on any atom is -0.478 e. The molecule has 0 unspecified atom stereocenters. The first-order valence-electron chi connectivity index (χ1n) is 25.5. The number of hydrogen-bond donors (Lipinski definition) is 4. The van der Waals surface area contributed by atoms with Crippen molar-refractivity contribution in [3.05, 3.63) is 108 Å². The Morgan fingerprint density at radius 2 is 1.07 bits per heavy atom. The number of aromatic nitrogens is 8. The Balaban J connectivity index is 0.000000222. The van der Waals surface area contributed by atoms with Crippen LogP contribution in [0, 0.1) is 42.4 Å². The van der Waals surface area contributed by atoms with Gasteiger partial charge in [-0.2, -0.15) is 20.7 Å². The number of nitrogens with zero attached hydrogens (tertiary/aromatic N) is 10. The molecular formula is C57H73N13O5. The Hall–Kier alpha value is -7.38. The fourth-order valence-electron chi connectivity index (χ4n) is 9.80. The maximum absolute atomic E-state index is 12.5. The molecule has 2 aliphatic heterocycles. The van der Waals surface area contributed by atoms with E-state index in [1.165, 1.54) is 0 Å². The van der Waals surface area contributed by atoms with Crippen LogP contribution in [0.1, 0.15) is 158 Å². The molecule has 0 spiro atoms. The van der Waals surface area contributed by atoms with Crippen molar-refractivity contribution >= 4 is 35.0 Å². The van der Waals surface area contributed by atoms with E-state index in [1.54, 1.807) is 61.2 Å². The molecule has 2 fully saturated rings. The van der Waals surface area contributed by atoms with Crippen LogP contribution in [0.15, 0.2) is 85.7 Å². The highest BCUT2D eigenvalue weighted by Crippen LogP contribution is 2.42. The van der Waals surface area contributed by atoms with Crippen LogP contribution in [-0.4, -0.2) is 84.8 Å². The highest BCUT2D eigenvalue weighted by Gasteiger charge is 2.41. The molecule has 2 atom stereocenters. The average Bonchev–Trinajstić information content (AvgIpc) is 4.03. The number of ketones is 1. The van der Waals surface area contributed by atoms with Gasteiger partial charge in [-0.15, -0.1) is 0 Å². The number of nitrogens with two attached hydrogens (primary N) is 1. The normalized spacial score (nSPS) is 17.3. The summed E-state index contributed by atoms with van der Waals surface area (Å²) in [6.07, 6.45) is 16.3. The zero-order valence-corrected chi connectivity index (χ0v) is 45.5. The van der Waals surface area contributed by atoms with Gasteiger partial charge in [0.1, 0.15) is 0 Å². The Labute approximate surface area is 441 Å². The van der Waals surface area contributed by atoms with Gasteiger partial charge in [-0.05, 0) is 131 Å². The van der Waals surface area contributed by atoms with Crippen molar-refractivity contribution in [3.8, 4) is 34.7 Å². The van der Waals surface area contributed by atoms with E-state index >= 15 is 0 Å². The van der Waals surface area contributed by atoms with Gasteiger partial charge in [0.05, 0.1) is 99.3 Å². The van der Waals surface area contributed by atoms with E-state index in [4.69, 9.17) is 35.8 Å². The van der Waals surface area contributed by atoms with Crippen molar-refractivity contribution in [1.29, 1.82) is 10.5 Å². The first-order chi connectivity index (χ1) is 35.3. The maximum atomic E-state index is 12.5. The largest absolute Gasteiger partial charge is 0.478 e. The van der Waals surface area contributed by atoms with Gasteiger partial charge in [-0.3, -0.25) is 14.2 Å². The van der Waals surface area contributed by atoms with E-state index < -0.39 is 5.97 Å². The number of rotatable bonds is 14. The number of ether oxygens (including phenoxy) is 2. The third kappa shape index (κ3) is 15.8.